The van der Waals surface area contributed by atoms with Crippen molar-refractivity contribution in [1.29, 1.82) is 0 Å². The quantitative estimate of drug-likeness (QED) is 0.631. The molecule has 0 N–H and O–H groups in total. The summed E-state index contributed by atoms with van der Waals surface area (Å²) in [5, 5.41) is 0. The fraction of sp³-hybridized carbons (Fsp3) is 0.588. The number of rotatable bonds is 4. The first-order chi connectivity index (χ1) is 10.3. The summed E-state index contributed by atoms with van der Waals surface area (Å²) >= 11 is 0. The molecule has 0 spiro atoms. The third kappa shape index (κ3) is 3.76. The molecule has 2 fully saturated rings. The van der Waals surface area contributed by atoms with Crippen molar-refractivity contribution < 1.29 is 13.9 Å². The van der Waals surface area contributed by atoms with Crippen molar-refractivity contribution in [1.82, 2.24) is 4.90 Å². The van der Waals surface area contributed by atoms with E-state index < -0.39 is 0 Å². The van der Waals surface area contributed by atoms with Gasteiger partial charge in [-0.2, -0.15) is 0 Å². The summed E-state index contributed by atoms with van der Waals surface area (Å²) in [5.74, 6) is 0.891. The zero-order valence-electron chi connectivity index (χ0n) is 12.4. The van der Waals surface area contributed by atoms with Gasteiger partial charge in [-0.15, -0.1) is 0 Å². The van der Waals surface area contributed by atoms with Crippen LogP contribution in [0.5, 0.6) is 0 Å². The molecule has 114 valence electrons. The molecule has 1 aromatic heterocycles. The Kier molecular flexibility index (Phi) is 4.76. The Morgan fingerprint density at radius 3 is 3.10 bits per heavy atom. The zero-order chi connectivity index (χ0) is 14.5. The van der Waals surface area contributed by atoms with Crippen LogP contribution in [-0.2, 0) is 9.53 Å². The molecular weight excluding hydrogens is 266 g/mol. The first kappa shape index (κ1) is 14.4. The fourth-order valence-corrected chi connectivity index (χ4v) is 3.55. The monoisotopic (exact) mass is 289 g/mol. The van der Waals surface area contributed by atoms with Crippen LogP contribution in [-0.4, -0.2) is 36.6 Å². The molecule has 4 nitrogen and oxygen atoms in total. The van der Waals surface area contributed by atoms with Crippen LogP contribution in [0.15, 0.2) is 28.9 Å². The van der Waals surface area contributed by atoms with Crippen LogP contribution in [0.2, 0.25) is 0 Å². The maximum Gasteiger partial charge on any atom is 0.330 e. The second kappa shape index (κ2) is 6.94. The number of carbonyl (C=O) groups excluding carboxylic acids is 1. The molecule has 0 amide bonds. The summed E-state index contributed by atoms with van der Waals surface area (Å²) in [7, 11) is 0. The van der Waals surface area contributed by atoms with Gasteiger partial charge in [-0.1, -0.05) is 6.42 Å². The number of carbonyl (C=O) groups is 1. The third-order valence-corrected chi connectivity index (χ3v) is 4.60. The van der Waals surface area contributed by atoms with Crippen LogP contribution in [0, 0.1) is 5.92 Å². The van der Waals surface area contributed by atoms with Gasteiger partial charge in [-0.25, -0.2) is 4.79 Å². The van der Waals surface area contributed by atoms with Crippen molar-refractivity contribution in [3.8, 4) is 0 Å². The summed E-state index contributed by atoms with van der Waals surface area (Å²) in [4.78, 5) is 14.4. The maximum atomic E-state index is 11.8. The molecule has 2 atom stereocenters. The second-order valence-corrected chi connectivity index (χ2v) is 5.98. The molecule has 0 unspecified atom stereocenters. The number of fused-ring (bicyclic) bond motifs is 1. The van der Waals surface area contributed by atoms with Gasteiger partial charge in [0.15, 0.2) is 0 Å². The minimum atomic E-state index is -0.278. The van der Waals surface area contributed by atoms with E-state index >= 15 is 0 Å². The molecule has 2 aliphatic heterocycles. The molecule has 21 heavy (non-hydrogen) atoms. The van der Waals surface area contributed by atoms with E-state index in [4.69, 9.17) is 9.15 Å². The van der Waals surface area contributed by atoms with Gasteiger partial charge in [0.2, 0.25) is 0 Å². The highest BCUT2D eigenvalue weighted by Gasteiger charge is 2.33. The first-order valence-electron chi connectivity index (χ1n) is 7.95. The van der Waals surface area contributed by atoms with Crippen LogP contribution in [0.4, 0.5) is 0 Å². The maximum absolute atomic E-state index is 11.8. The first-order valence-corrected chi connectivity index (χ1v) is 7.95. The van der Waals surface area contributed by atoms with Crippen LogP contribution < -0.4 is 0 Å². The Bertz CT molecular complexity index is 478. The third-order valence-electron chi connectivity index (χ3n) is 4.60. The topological polar surface area (TPSA) is 42.7 Å². The van der Waals surface area contributed by atoms with Crippen LogP contribution in [0.3, 0.4) is 0 Å². The minimum Gasteiger partial charge on any atom is -0.465 e. The Balaban J connectivity index is 1.48. The lowest BCUT2D eigenvalue weighted by molar-refractivity contribution is -0.140. The standard InChI is InChI=1S/C17H23NO3/c19-17(9-8-15-6-4-12-20-15)21-13-14-5-3-11-18-10-2-1-7-16(14)18/h4,6,8-9,12,14,16H,1-3,5,7,10-11,13H2/b9-8+/t14-,16+/m1/s1. The zero-order valence-corrected chi connectivity index (χ0v) is 12.4. The number of esters is 1. The number of hydrogen-bond acceptors (Lipinski definition) is 4. The molecule has 0 radical (unpaired) electrons. The molecule has 0 saturated carbocycles. The average Bonchev–Trinajstić information content (AvgIpc) is 3.04. The van der Waals surface area contributed by atoms with Crippen molar-refractivity contribution in [3.05, 3.63) is 30.2 Å². The van der Waals surface area contributed by atoms with Crippen molar-refractivity contribution in [2.24, 2.45) is 5.92 Å². The van der Waals surface area contributed by atoms with E-state index in [-0.39, 0.29) is 5.97 Å². The molecule has 1 aromatic rings. The molecule has 2 saturated heterocycles. The molecule has 0 bridgehead atoms. The SMILES string of the molecule is O=C(/C=C/c1ccco1)OC[C@H]1CCCN2CCCC[C@@H]12. The highest BCUT2D eigenvalue weighted by molar-refractivity contribution is 5.86. The number of nitrogens with zero attached hydrogens (tertiary/aromatic N) is 1. The Hall–Kier alpha value is -1.55. The van der Waals surface area contributed by atoms with E-state index in [0.717, 1.165) is 0 Å². The lowest BCUT2D eigenvalue weighted by Crippen LogP contribution is -2.49. The molecule has 3 rings (SSSR count). The van der Waals surface area contributed by atoms with Gasteiger partial charge < -0.3 is 9.15 Å². The highest BCUT2D eigenvalue weighted by atomic mass is 16.5. The minimum absolute atomic E-state index is 0.278. The summed E-state index contributed by atoms with van der Waals surface area (Å²) < 4.78 is 10.6. The van der Waals surface area contributed by atoms with Crippen LogP contribution >= 0.6 is 0 Å². The lowest BCUT2D eigenvalue weighted by atomic mass is 9.84. The van der Waals surface area contributed by atoms with E-state index in [1.807, 2.05) is 6.07 Å². The predicted octanol–water partition coefficient (Wildman–Crippen LogP) is 3.10. The number of ether oxygens (including phenoxy) is 1. The van der Waals surface area contributed by atoms with Crippen LogP contribution in [0.1, 0.15) is 37.9 Å². The molecule has 0 aromatic carbocycles. The van der Waals surface area contributed by atoms with Gasteiger partial charge in [0.25, 0.3) is 0 Å². The van der Waals surface area contributed by atoms with Gasteiger partial charge in [0.05, 0.1) is 12.9 Å². The van der Waals surface area contributed by atoms with E-state index in [2.05, 4.69) is 4.90 Å². The van der Waals surface area contributed by atoms with Crippen molar-refractivity contribution in [2.75, 3.05) is 19.7 Å². The number of piperidine rings is 2. The fourth-order valence-electron chi connectivity index (χ4n) is 3.55. The summed E-state index contributed by atoms with van der Waals surface area (Å²) in [6.07, 6.45) is 11.0. The molecule has 3 heterocycles. The van der Waals surface area contributed by atoms with Gasteiger partial charge in [-0.05, 0) is 57.0 Å². The second-order valence-electron chi connectivity index (χ2n) is 5.98. The summed E-state index contributed by atoms with van der Waals surface area (Å²) in [6, 6.07) is 4.23. The van der Waals surface area contributed by atoms with Crippen molar-refractivity contribution in [2.45, 2.75) is 38.1 Å². The van der Waals surface area contributed by atoms with Crippen LogP contribution in [0.25, 0.3) is 6.08 Å². The Morgan fingerprint density at radius 2 is 2.24 bits per heavy atom. The van der Waals surface area contributed by atoms with E-state index in [0.29, 0.717) is 24.3 Å². The van der Waals surface area contributed by atoms with E-state index in [1.165, 1.54) is 51.3 Å². The smallest absolute Gasteiger partial charge is 0.330 e. The highest BCUT2D eigenvalue weighted by Crippen LogP contribution is 2.30. The number of furan rings is 1. The van der Waals surface area contributed by atoms with Gasteiger partial charge in [0, 0.05) is 18.0 Å². The Morgan fingerprint density at radius 1 is 1.33 bits per heavy atom. The van der Waals surface area contributed by atoms with E-state index in [1.54, 1.807) is 18.4 Å². The normalized spacial score (nSPS) is 26.7. The Labute approximate surface area is 125 Å². The average molecular weight is 289 g/mol. The van der Waals surface area contributed by atoms with Crippen molar-refractivity contribution >= 4 is 12.0 Å². The molecule has 0 aliphatic carbocycles. The lowest BCUT2D eigenvalue weighted by Gasteiger charge is -2.44. The van der Waals surface area contributed by atoms with Gasteiger partial charge in [-0.3, -0.25) is 4.90 Å². The molecule has 4 heteroatoms. The summed E-state index contributed by atoms with van der Waals surface area (Å²) in [5.41, 5.74) is 0. The van der Waals surface area contributed by atoms with Gasteiger partial charge >= 0.3 is 5.97 Å². The molecule has 2 aliphatic rings. The predicted molar refractivity (Wildman–Crippen MR) is 80.6 cm³/mol. The van der Waals surface area contributed by atoms with Gasteiger partial charge in [0.1, 0.15) is 5.76 Å². The molecular formula is C17H23NO3. The largest absolute Gasteiger partial charge is 0.465 e. The number of hydrogen-bond donors (Lipinski definition) is 0. The van der Waals surface area contributed by atoms with Crippen molar-refractivity contribution in [3.63, 3.8) is 0 Å². The van der Waals surface area contributed by atoms with E-state index in [9.17, 15) is 4.79 Å². The summed E-state index contributed by atoms with van der Waals surface area (Å²) in [6.45, 7) is 2.98.